The number of aromatic nitrogens is 2. The largest absolute Gasteiger partial charge is 0.476 e. The van der Waals surface area contributed by atoms with Crippen molar-refractivity contribution in [2.45, 2.75) is 6.54 Å². The second-order valence-corrected chi connectivity index (χ2v) is 4.55. The molecule has 0 aliphatic carbocycles. The maximum absolute atomic E-state index is 11.3. The van der Waals surface area contributed by atoms with Gasteiger partial charge in [0, 0.05) is 6.54 Å². The fraction of sp³-hybridized carbons (Fsp3) is 0.0625. The van der Waals surface area contributed by atoms with E-state index in [1.807, 2.05) is 42.5 Å². The standard InChI is InChI=1S/C16H13N3O2/c20-16(21)14-15(17-10-11-6-2-1-3-7-11)19-13-9-5-4-8-12(13)18-14/h1-9H,10H2,(H,17,19)(H,20,21). The van der Waals surface area contributed by atoms with Gasteiger partial charge >= 0.3 is 5.97 Å². The average Bonchev–Trinajstić information content (AvgIpc) is 2.53. The Kier molecular flexibility index (Phi) is 3.47. The van der Waals surface area contributed by atoms with Gasteiger partial charge in [-0.25, -0.2) is 14.8 Å². The highest BCUT2D eigenvalue weighted by Crippen LogP contribution is 2.17. The quantitative estimate of drug-likeness (QED) is 0.768. The van der Waals surface area contributed by atoms with Gasteiger partial charge in [-0.3, -0.25) is 0 Å². The molecule has 2 aromatic carbocycles. The molecular formula is C16H13N3O2. The van der Waals surface area contributed by atoms with Crippen molar-refractivity contribution < 1.29 is 9.90 Å². The van der Waals surface area contributed by atoms with Crippen LogP contribution < -0.4 is 5.32 Å². The lowest BCUT2D eigenvalue weighted by Crippen LogP contribution is -2.11. The summed E-state index contributed by atoms with van der Waals surface area (Å²) in [5.74, 6) is -0.811. The summed E-state index contributed by atoms with van der Waals surface area (Å²) in [6.07, 6.45) is 0. The van der Waals surface area contributed by atoms with Gasteiger partial charge in [0.25, 0.3) is 0 Å². The van der Waals surface area contributed by atoms with E-state index in [0.717, 1.165) is 5.56 Å². The zero-order valence-electron chi connectivity index (χ0n) is 11.2. The monoisotopic (exact) mass is 279 g/mol. The molecule has 1 aromatic heterocycles. The van der Waals surface area contributed by atoms with Crippen LogP contribution in [0.5, 0.6) is 0 Å². The second-order valence-electron chi connectivity index (χ2n) is 4.55. The number of nitrogens with zero attached hydrogens (tertiary/aromatic N) is 2. The molecule has 0 aliphatic heterocycles. The van der Waals surface area contributed by atoms with Gasteiger partial charge in [-0.05, 0) is 17.7 Å². The summed E-state index contributed by atoms with van der Waals surface area (Å²) >= 11 is 0. The number of nitrogens with one attached hydrogen (secondary N) is 1. The number of rotatable bonds is 4. The van der Waals surface area contributed by atoms with Crippen LogP contribution in [0, 0.1) is 0 Å². The second kappa shape index (κ2) is 5.58. The van der Waals surface area contributed by atoms with Crippen molar-refractivity contribution in [1.29, 1.82) is 0 Å². The number of benzene rings is 2. The van der Waals surface area contributed by atoms with Crippen molar-refractivity contribution in [2.24, 2.45) is 0 Å². The molecule has 0 amide bonds. The Morgan fingerprint density at radius 1 is 0.952 bits per heavy atom. The van der Waals surface area contributed by atoms with Crippen LogP contribution in [0.25, 0.3) is 11.0 Å². The Labute approximate surface area is 121 Å². The number of hydrogen-bond acceptors (Lipinski definition) is 4. The zero-order chi connectivity index (χ0) is 14.7. The molecule has 0 unspecified atom stereocenters. The average molecular weight is 279 g/mol. The third-order valence-electron chi connectivity index (χ3n) is 3.08. The zero-order valence-corrected chi connectivity index (χ0v) is 11.2. The summed E-state index contributed by atoms with van der Waals surface area (Å²) in [7, 11) is 0. The van der Waals surface area contributed by atoms with E-state index < -0.39 is 5.97 Å². The first-order valence-corrected chi connectivity index (χ1v) is 6.52. The molecule has 0 spiro atoms. The van der Waals surface area contributed by atoms with Crippen LogP contribution in [0.2, 0.25) is 0 Å². The molecule has 0 aliphatic rings. The molecule has 0 radical (unpaired) electrons. The van der Waals surface area contributed by atoms with Gasteiger partial charge in [0.2, 0.25) is 0 Å². The van der Waals surface area contributed by atoms with E-state index >= 15 is 0 Å². The normalized spacial score (nSPS) is 10.5. The summed E-state index contributed by atoms with van der Waals surface area (Å²) in [5, 5.41) is 12.3. The van der Waals surface area contributed by atoms with Gasteiger partial charge in [0.05, 0.1) is 11.0 Å². The van der Waals surface area contributed by atoms with E-state index in [0.29, 0.717) is 17.6 Å². The highest BCUT2D eigenvalue weighted by Gasteiger charge is 2.15. The summed E-state index contributed by atoms with van der Waals surface area (Å²) < 4.78 is 0. The van der Waals surface area contributed by atoms with E-state index in [1.165, 1.54) is 0 Å². The third-order valence-corrected chi connectivity index (χ3v) is 3.08. The van der Waals surface area contributed by atoms with E-state index in [-0.39, 0.29) is 11.5 Å². The Morgan fingerprint density at radius 2 is 1.57 bits per heavy atom. The number of carboxylic acid groups (broad SMARTS) is 1. The fourth-order valence-electron chi connectivity index (χ4n) is 2.05. The van der Waals surface area contributed by atoms with Crippen molar-refractivity contribution in [1.82, 2.24) is 9.97 Å². The van der Waals surface area contributed by atoms with Gasteiger partial charge < -0.3 is 10.4 Å². The van der Waals surface area contributed by atoms with Crippen LogP contribution in [0.1, 0.15) is 16.1 Å². The van der Waals surface area contributed by atoms with E-state index in [4.69, 9.17) is 0 Å². The molecule has 104 valence electrons. The molecule has 3 aromatic rings. The summed E-state index contributed by atoms with van der Waals surface area (Å²) in [6.45, 7) is 0.494. The van der Waals surface area contributed by atoms with Crippen molar-refractivity contribution in [3.63, 3.8) is 0 Å². The Hall–Kier alpha value is -2.95. The molecule has 5 nitrogen and oxygen atoms in total. The first-order valence-electron chi connectivity index (χ1n) is 6.52. The smallest absolute Gasteiger partial charge is 0.358 e. The van der Waals surface area contributed by atoms with E-state index in [1.54, 1.807) is 12.1 Å². The maximum atomic E-state index is 11.3. The van der Waals surface area contributed by atoms with Crippen LogP contribution in [0.4, 0.5) is 5.82 Å². The van der Waals surface area contributed by atoms with Crippen LogP contribution in [0.15, 0.2) is 54.6 Å². The number of hydrogen-bond donors (Lipinski definition) is 2. The lowest BCUT2D eigenvalue weighted by Gasteiger charge is -2.09. The van der Waals surface area contributed by atoms with Gasteiger partial charge in [-0.2, -0.15) is 0 Å². The number of anilines is 1. The van der Waals surface area contributed by atoms with Gasteiger partial charge in [-0.1, -0.05) is 42.5 Å². The summed E-state index contributed by atoms with van der Waals surface area (Å²) in [6, 6.07) is 16.9. The number of fused-ring (bicyclic) bond motifs is 1. The summed E-state index contributed by atoms with van der Waals surface area (Å²) in [4.78, 5) is 19.9. The molecule has 2 N–H and O–H groups in total. The molecule has 3 rings (SSSR count). The molecule has 1 heterocycles. The number of carbonyl (C=O) groups is 1. The minimum absolute atomic E-state index is 0.0652. The molecule has 0 atom stereocenters. The fourth-order valence-corrected chi connectivity index (χ4v) is 2.05. The van der Waals surface area contributed by atoms with Crippen LogP contribution >= 0.6 is 0 Å². The van der Waals surface area contributed by atoms with Gasteiger partial charge in [0.1, 0.15) is 0 Å². The Morgan fingerprint density at radius 3 is 2.24 bits per heavy atom. The van der Waals surface area contributed by atoms with Crippen molar-refractivity contribution in [3.05, 3.63) is 65.9 Å². The minimum Gasteiger partial charge on any atom is -0.476 e. The Bertz CT molecular complexity index is 788. The van der Waals surface area contributed by atoms with Crippen molar-refractivity contribution in [2.75, 3.05) is 5.32 Å². The molecule has 5 heteroatoms. The molecular weight excluding hydrogens is 266 g/mol. The minimum atomic E-state index is -1.09. The lowest BCUT2D eigenvalue weighted by molar-refractivity contribution is 0.0691. The first-order chi connectivity index (χ1) is 10.2. The van der Waals surface area contributed by atoms with Gasteiger partial charge in [0.15, 0.2) is 11.5 Å². The number of aromatic carboxylic acids is 1. The van der Waals surface area contributed by atoms with Crippen LogP contribution in [0.3, 0.4) is 0 Å². The molecule has 0 saturated carbocycles. The van der Waals surface area contributed by atoms with E-state index in [2.05, 4.69) is 15.3 Å². The topological polar surface area (TPSA) is 75.1 Å². The van der Waals surface area contributed by atoms with Crippen molar-refractivity contribution in [3.8, 4) is 0 Å². The molecule has 21 heavy (non-hydrogen) atoms. The van der Waals surface area contributed by atoms with Crippen molar-refractivity contribution >= 4 is 22.8 Å². The molecule has 0 saturated heterocycles. The highest BCUT2D eigenvalue weighted by molar-refractivity contribution is 5.93. The van der Waals surface area contributed by atoms with Crippen LogP contribution in [-0.4, -0.2) is 21.0 Å². The lowest BCUT2D eigenvalue weighted by atomic mass is 10.2. The molecule has 0 bridgehead atoms. The van der Waals surface area contributed by atoms with E-state index in [9.17, 15) is 9.90 Å². The predicted octanol–water partition coefficient (Wildman–Crippen LogP) is 2.94. The Balaban J connectivity index is 1.96. The summed E-state index contributed by atoms with van der Waals surface area (Å²) in [5.41, 5.74) is 2.21. The number of para-hydroxylation sites is 2. The highest BCUT2D eigenvalue weighted by atomic mass is 16.4. The maximum Gasteiger partial charge on any atom is 0.358 e. The predicted molar refractivity (Wildman–Crippen MR) is 80.3 cm³/mol. The first kappa shape index (κ1) is 13.1. The third kappa shape index (κ3) is 2.81. The number of carboxylic acids is 1. The SMILES string of the molecule is O=C(O)c1nc2ccccc2nc1NCc1ccccc1. The van der Waals surface area contributed by atoms with Crippen LogP contribution in [-0.2, 0) is 6.54 Å². The molecule has 0 fully saturated rings. The van der Waals surface area contributed by atoms with Gasteiger partial charge in [-0.15, -0.1) is 0 Å².